The van der Waals surface area contributed by atoms with Gasteiger partial charge < -0.3 is 4.74 Å². The average Bonchev–Trinajstić information content (AvgIpc) is 2.92. The van der Waals surface area contributed by atoms with E-state index >= 15 is 0 Å². The Morgan fingerprint density at radius 3 is 2.68 bits per heavy atom. The van der Waals surface area contributed by atoms with Gasteiger partial charge in [0, 0.05) is 5.56 Å². The average molecular weight is 298 g/mol. The van der Waals surface area contributed by atoms with Crippen LogP contribution in [0, 0.1) is 5.92 Å². The van der Waals surface area contributed by atoms with Crippen LogP contribution in [0.25, 0.3) is 0 Å². The topological polar surface area (TPSA) is 59.0 Å². The van der Waals surface area contributed by atoms with Gasteiger partial charge in [0.25, 0.3) is 11.8 Å². The molecule has 5 heteroatoms. The Morgan fingerprint density at radius 2 is 1.95 bits per heavy atom. The summed E-state index contributed by atoms with van der Waals surface area (Å²) in [6, 6.07) is 3.89. The van der Waals surface area contributed by atoms with E-state index in [2.05, 4.69) is 4.99 Å². The summed E-state index contributed by atoms with van der Waals surface area (Å²) in [4.78, 5) is 31.3. The standard InChI is InChI=1S/C17H18N2O3/c1-9(2)17(3)16(21)19-14(18-17)12-7-11-8-22-5-4-10(11)6-13(12)15(19)20/h6-7,9H,4-5,8H2,1-3H3. The molecule has 0 spiro atoms. The van der Waals surface area contributed by atoms with Crippen molar-refractivity contribution in [2.75, 3.05) is 6.61 Å². The van der Waals surface area contributed by atoms with Gasteiger partial charge in [0.2, 0.25) is 0 Å². The van der Waals surface area contributed by atoms with Crippen molar-refractivity contribution in [1.82, 2.24) is 4.90 Å². The molecule has 1 unspecified atom stereocenters. The smallest absolute Gasteiger partial charge is 0.267 e. The summed E-state index contributed by atoms with van der Waals surface area (Å²) < 4.78 is 5.49. The highest BCUT2D eigenvalue weighted by Crippen LogP contribution is 2.38. The lowest BCUT2D eigenvalue weighted by atomic mass is 9.88. The number of carbonyl (C=O) groups is 2. The Labute approximate surface area is 129 Å². The van der Waals surface area contributed by atoms with E-state index in [0.29, 0.717) is 24.6 Å². The lowest BCUT2D eigenvalue weighted by molar-refractivity contribution is -0.130. The molecule has 0 radical (unpaired) electrons. The van der Waals surface area contributed by atoms with Crippen LogP contribution in [0.15, 0.2) is 17.1 Å². The third kappa shape index (κ3) is 1.54. The van der Waals surface area contributed by atoms with Gasteiger partial charge in [0.05, 0.1) is 18.8 Å². The second kappa shape index (κ2) is 4.26. The molecule has 3 heterocycles. The van der Waals surface area contributed by atoms with Crippen LogP contribution < -0.4 is 0 Å². The molecule has 4 rings (SSSR count). The molecule has 1 atom stereocenters. The number of ether oxygens (including phenoxy) is 1. The summed E-state index contributed by atoms with van der Waals surface area (Å²) in [7, 11) is 0. The molecule has 5 nitrogen and oxygen atoms in total. The number of benzene rings is 1. The molecule has 0 saturated carbocycles. The van der Waals surface area contributed by atoms with Crippen molar-refractivity contribution in [3.05, 3.63) is 34.4 Å². The summed E-state index contributed by atoms with van der Waals surface area (Å²) in [5.41, 5.74) is 2.74. The minimum atomic E-state index is -0.852. The van der Waals surface area contributed by atoms with Gasteiger partial charge in [-0.05, 0) is 42.5 Å². The molecule has 0 aliphatic carbocycles. The van der Waals surface area contributed by atoms with Crippen molar-refractivity contribution < 1.29 is 14.3 Å². The summed E-state index contributed by atoms with van der Waals surface area (Å²) >= 11 is 0. The predicted molar refractivity (Wildman–Crippen MR) is 80.8 cm³/mol. The summed E-state index contributed by atoms with van der Waals surface area (Å²) in [5, 5.41) is 0. The molecule has 0 fully saturated rings. The molecule has 3 aliphatic rings. The number of amidine groups is 1. The number of imide groups is 1. The van der Waals surface area contributed by atoms with E-state index in [1.54, 1.807) is 6.92 Å². The maximum Gasteiger partial charge on any atom is 0.267 e. The van der Waals surface area contributed by atoms with Gasteiger partial charge in [-0.2, -0.15) is 0 Å². The normalized spacial score (nSPS) is 26.2. The van der Waals surface area contributed by atoms with Gasteiger partial charge in [-0.25, -0.2) is 4.90 Å². The molecule has 0 N–H and O–H groups in total. The summed E-state index contributed by atoms with van der Waals surface area (Å²) in [6.07, 6.45) is 0.806. The van der Waals surface area contributed by atoms with Crippen molar-refractivity contribution in [2.45, 2.75) is 39.3 Å². The Morgan fingerprint density at radius 1 is 1.23 bits per heavy atom. The van der Waals surface area contributed by atoms with Crippen LogP contribution in [0.5, 0.6) is 0 Å². The molecule has 1 aromatic rings. The van der Waals surface area contributed by atoms with E-state index in [0.717, 1.165) is 23.1 Å². The van der Waals surface area contributed by atoms with E-state index in [1.807, 2.05) is 26.0 Å². The van der Waals surface area contributed by atoms with Gasteiger partial charge in [0.15, 0.2) is 0 Å². The molecular weight excluding hydrogens is 280 g/mol. The third-order valence-corrected chi connectivity index (χ3v) is 5.10. The minimum Gasteiger partial charge on any atom is -0.376 e. The van der Waals surface area contributed by atoms with Crippen LogP contribution in [-0.4, -0.2) is 34.7 Å². The zero-order chi connectivity index (χ0) is 15.6. The molecule has 3 aliphatic heterocycles. The number of nitrogens with zero attached hydrogens (tertiary/aromatic N) is 2. The molecule has 0 aromatic heterocycles. The Balaban J connectivity index is 1.90. The fourth-order valence-corrected chi connectivity index (χ4v) is 3.29. The highest BCUT2D eigenvalue weighted by Gasteiger charge is 2.53. The van der Waals surface area contributed by atoms with Gasteiger partial charge in [-0.15, -0.1) is 0 Å². The first-order chi connectivity index (χ1) is 10.4. The number of hydrogen-bond acceptors (Lipinski definition) is 4. The Kier molecular flexibility index (Phi) is 2.64. The fraction of sp³-hybridized carbons (Fsp3) is 0.471. The zero-order valence-corrected chi connectivity index (χ0v) is 13.0. The Hall–Kier alpha value is -2.01. The molecular formula is C17H18N2O3. The van der Waals surface area contributed by atoms with Crippen LogP contribution in [0.3, 0.4) is 0 Å². The van der Waals surface area contributed by atoms with Crippen molar-refractivity contribution in [3.63, 3.8) is 0 Å². The number of amides is 2. The fourth-order valence-electron chi connectivity index (χ4n) is 3.29. The van der Waals surface area contributed by atoms with E-state index in [4.69, 9.17) is 4.74 Å². The monoisotopic (exact) mass is 298 g/mol. The van der Waals surface area contributed by atoms with Crippen molar-refractivity contribution in [1.29, 1.82) is 0 Å². The van der Waals surface area contributed by atoms with Gasteiger partial charge in [0.1, 0.15) is 11.4 Å². The van der Waals surface area contributed by atoms with Crippen molar-refractivity contribution in [3.8, 4) is 0 Å². The maximum atomic E-state index is 12.7. The van der Waals surface area contributed by atoms with Crippen LogP contribution in [0.2, 0.25) is 0 Å². The molecule has 0 bridgehead atoms. The van der Waals surface area contributed by atoms with Crippen LogP contribution in [0.4, 0.5) is 0 Å². The number of carbonyl (C=O) groups excluding carboxylic acids is 2. The van der Waals surface area contributed by atoms with Crippen molar-refractivity contribution >= 4 is 17.6 Å². The van der Waals surface area contributed by atoms with Crippen LogP contribution in [0.1, 0.15) is 47.8 Å². The third-order valence-electron chi connectivity index (χ3n) is 5.10. The van der Waals surface area contributed by atoms with E-state index in [1.165, 1.54) is 4.90 Å². The van der Waals surface area contributed by atoms with Crippen LogP contribution >= 0.6 is 0 Å². The number of aliphatic imine (C=N–C) groups is 1. The molecule has 114 valence electrons. The van der Waals surface area contributed by atoms with E-state index in [9.17, 15) is 9.59 Å². The maximum absolute atomic E-state index is 12.7. The molecule has 0 saturated heterocycles. The number of fused-ring (bicyclic) bond motifs is 4. The largest absolute Gasteiger partial charge is 0.376 e. The summed E-state index contributed by atoms with van der Waals surface area (Å²) in [5.74, 6) is 0.0928. The molecule has 22 heavy (non-hydrogen) atoms. The quantitative estimate of drug-likeness (QED) is 0.744. The zero-order valence-electron chi connectivity index (χ0n) is 13.0. The second-order valence-electron chi connectivity index (χ2n) is 6.65. The van der Waals surface area contributed by atoms with Gasteiger partial charge >= 0.3 is 0 Å². The first kappa shape index (κ1) is 13.6. The van der Waals surface area contributed by atoms with E-state index < -0.39 is 5.54 Å². The first-order valence-electron chi connectivity index (χ1n) is 7.66. The lowest BCUT2D eigenvalue weighted by Crippen LogP contribution is -2.44. The number of rotatable bonds is 1. The highest BCUT2D eigenvalue weighted by atomic mass is 16.5. The van der Waals surface area contributed by atoms with Crippen LogP contribution in [-0.2, 0) is 22.6 Å². The van der Waals surface area contributed by atoms with E-state index in [-0.39, 0.29) is 17.7 Å². The number of hydrogen-bond donors (Lipinski definition) is 0. The Bertz CT molecular complexity index is 751. The van der Waals surface area contributed by atoms with Crippen molar-refractivity contribution in [2.24, 2.45) is 10.9 Å². The first-order valence-corrected chi connectivity index (χ1v) is 7.66. The van der Waals surface area contributed by atoms with Gasteiger partial charge in [-0.1, -0.05) is 13.8 Å². The van der Waals surface area contributed by atoms with Gasteiger partial charge in [-0.3, -0.25) is 14.6 Å². The second-order valence-corrected chi connectivity index (χ2v) is 6.65. The SMILES string of the molecule is CC(C)C1(C)N=C2c3cc4c(cc3C(=O)N2C1=O)CCOC4. The minimum absolute atomic E-state index is 0.0373. The highest BCUT2D eigenvalue weighted by molar-refractivity contribution is 6.34. The lowest BCUT2D eigenvalue weighted by Gasteiger charge is -2.24. The molecule has 1 aromatic carbocycles. The molecule has 2 amide bonds. The predicted octanol–water partition coefficient (Wildman–Crippen LogP) is 1.92. The summed E-state index contributed by atoms with van der Waals surface area (Å²) in [6.45, 7) is 6.95.